The maximum Gasteiger partial charge on any atom is 0.141 e. The summed E-state index contributed by atoms with van der Waals surface area (Å²) >= 11 is 0. The van der Waals surface area contributed by atoms with Crippen LogP contribution in [-0.4, -0.2) is 107 Å². The molecule has 1 aromatic heterocycles. The summed E-state index contributed by atoms with van der Waals surface area (Å²) in [6.45, 7) is 11.3. The van der Waals surface area contributed by atoms with E-state index in [-0.39, 0.29) is 5.75 Å². The van der Waals surface area contributed by atoms with Crippen LogP contribution in [0.3, 0.4) is 0 Å². The van der Waals surface area contributed by atoms with Gasteiger partial charge in [-0.25, -0.2) is 13.1 Å². The van der Waals surface area contributed by atoms with E-state index in [1.807, 2.05) is 11.6 Å². The second-order valence-corrected chi connectivity index (χ2v) is 8.03. The molecule has 0 aliphatic carbocycles. The van der Waals surface area contributed by atoms with Gasteiger partial charge in [0.25, 0.3) is 0 Å². The molecule has 0 amide bonds. The predicted molar refractivity (Wildman–Crippen MR) is 118 cm³/mol. The highest BCUT2D eigenvalue weighted by Gasteiger charge is 2.13. The summed E-state index contributed by atoms with van der Waals surface area (Å²) in [6, 6.07) is 0. The van der Waals surface area contributed by atoms with E-state index in [1.54, 1.807) is 0 Å². The summed E-state index contributed by atoms with van der Waals surface area (Å²) in [6.07, 6.45) is 0.952. The Hall–Kier alpha value is -1.15. The molecule has 0 radical (unpaired) electrons. The van der Waals surface area contributed by atoms with Crippen LogP contribution in [0.25, 0.3) is 0 Å². The molecule has 0 saturated heterocycles. The van der Waals surface area contributed by atoms with Crippen LogP contribution in [0.5, 0.6) is 0 Å². The molecule has 0 atom stereocenters. The van der Waals surface area contributed by atoms with E-state index in [4.69, 9.17) is 24.7 Å². The van der Waals surface area contributed by atoms with Crippen molar-refractivity contribution in [3.63, 3.8) is 0 Å². The molecule has 0 aliphatic rings. The number of nitrogens with zero attached hydrogens (tertiary/aromatic N) is 4. The molecule has 0 bridgehead atoms. The van der Waals surface area contributed by atoms with Gasteiger partial charge >= 0.3 is 0 Å². The summed E-state index contributed by atoms with van der Waals surface area (Å²) in [5.74, 6) is 0.160. The van der Waals surface area contributed by atoms with E-state index in [0.29, 0.717) is 79.0 Å². The van der Waals surface area contributed by atoms with E-state index in [9.17, 15) is 8.42 Å². The van der Waals surface area contributed by atoms with Crippen molar-refractivity contribution in [3.8, 4) is 0 Å². The molecule has 182 valence electrons. The lowest BCUT2D eigenvalue weighted by Gasteiger charge is -2.19. The largest absolute Gasteiger partial charge is 0.378 e. The molecule has 1 rings (SSSR count). The van der Waals surface area contributed by atoms with Crippen LogP contribution in [0.15, 0.2) is 0 Å². The molecule has 0 saturated carbocycles. The highest BCUT2D eigenvalue weighted by Crippen LogP contribution is 2.08. The minimum absolute atomic E-state index is 0.160. The van der Waals surface area contributed by atoms with Crippen LogP contribution in [0.2, 0.25) is 0 Å². The summed E-state index contributed by atoms with van der Waals surface area (Å²) in [7, 11) is -2.37. The van der Waals surface area contributed by atoms with Crippen molar-refractivity contribution in [2.24, 2.45) is 5.73 Å². The third-order valence-electron chi connectivity index (χ3n) is 4.42. The fourth-order valence-electron chi connectivity index (χ4n) is 2.77. The number of aromatic nitrogens is 3. The third kappa shape index (κ3) is 13.8. The van der Waals surface area contributed by atoms with Gasteiger partial charge in [0.05, 0.1) is 76.5 Å². The van der Waals surface area contributed by atoms with Gasteiger partial charge in [-0.3, -0.25) is 4.90 Å². The number of hydrogen-bond acceptors (Lipinski definition) is 10. The van der Waals surface area contributed by atoms with Crippen molar-refractivity contribution in [1.29, 1.82) is 0 Å². The van der Waals surface area contributed by atoms with Crippen LogP contribution >= 0.6 is 0 Å². The Bertz CT molecular complexity index is 635. The van der Waals surface area contributed by atoms with Crippen LogP contribution in [0, 0.1) is 6.92 Å². The number of nitrogens with two attached hydrogens (primary N) is 1. The van der Waals surface area contributed by atoms with Crippen LogP contribution < -0.4 is 5.73 Å². The molecule has 12 heteroatoms. The van der Waals surface area contributed by atoms with E-state index < -0.39 is 10.7 Å². The molecular formula is C19H39N5O6S. The fourth-order valence-corrected chi connectivity index (χ4v) is 3.22. The molecule has 0 fully saturated rings. The van der Waals surface area contributed by atoms with Crippen molar-refractivity contribution >= 4 is 10.7 Å². The Kier molecular flexibility index (Phi) is 16.6. The number of hydrogen-bond donors (Lipinski definition) is 2. The van der Waals surface area contributed by atoms with Crippen molar-refractivity contribution in [2.45, 2.75) is 33.4 Å². The van der Waals surface area contributed by atoms with E-state index in [2.05, 4.69) is 22.1 Å². The Morgan fingerprint density at radius 3 is 2.06 bits per heavy atom. The van der Waals surface area contributed by atoms with Gasteiger partial charge in [0.2, 0.25) is 0 Å². The van der Waals surface area contributed by atoms with Gasteiger partial charge in [0, 0.05) is 19.6 Å². The zero-order valence-electron chi connectivity index (χ0n) is 18.9. The Morgan fingerprint density at radius 2 is 1.52 bits per heavy atom. The van der Waals surface area contributed by atoms with Crippen LogP contribution in [-0.2, 0) is 42.7 Å². The minimum atomic E-state index is -2.37. The predicted octanol–water partition coefficient (Wildman–Crippen LogP) is -0.565. The summed E-state index contributed by atoms with van der Waals surface area (Å²) in [4.78, 5) is 2.09. The third-order valence-corrected chi connectivity index (χ3v) is 4.98. The zero-order valence-corrected chi connectivity index (χ0v) is 19.8. The first-order valence-electron chi connectivity index (χ1n) is 10.8. The lowest BCUT2D eigenvalue weighted by Crippen LogP contribution is -2.28. The van der Waals surface area contributed by atoms with Crippen LogP contribution in [0.4, 0.5) is 0 Å². The summed E-state index contributed by atoms with van der Waals surface area (Å²) in [5.41, 5.74) is 7.16. The molecular weight excluding hydrogens is 426 g/mol. The minimum Gasteiger partial charge on any atom is -0.378 e. The Balaban J connectivity index is 2.14. The lowest BCUT2D eigenvalue weighted by molar-refractivity contribution is -0.00204. The van der Waals surface area contributed by atoms with Crippen molar-refractivity contribution < 1.29 is 27.4 Å². The topological polar surface area (TPSA) is 131 Å². The highest BCUT2D eigenvalue weighted by molar-refractivity contribution is 7.72. The average Bonchev–Trinajstić information content (AvgIpc) is 3.09. The van der Waals surface area contributed by atoms with Gasteiger partial charge in [0.1, 0.15) is 10.7 Å². The van der Waals surface area contributed by atoms with Crippen molar-refractivity contribution in [3.05, 3.63) is 11.4 Å². The molecule has 11 nitrogen and oxygen atoms in total. The van der Waals surface area contributed by atoms with Gasteiger partial charge in [-0.15, -0.1) is 5.10 Å². The fraction of sp³-hybridized carbons (Fsp3) is 0.895. The Morgan fingerprint density at radius 1 is 0.935 bits per heavy atom. The second kappa shape index (κ2) is 18.4. The maximum atomic E-state index is 10.9. The first-order valence-corrected chi connectivity index (χ1v) is 12.2. The standard InChI is InChI=1S/C19H39N5O6S/c1-3-5-23(7-16-31(25)26)17-19-18(2)24(22-21-19)6-9-28-11-13-30-15-14-29-12-10-27-8-4-20/h31H,3-17,20H2,1-2H3. The average molecular weight is 466 g/mol. The van der Waals surface area contributed by atoms with Gasteiger partial charge in [-0.1, -0.05) is 12.1 Å². The first kappa shape index (κ1) is 27.9. The quantitative estimate of drug-likeness (QED) is 0.180. The van der Waals surface area contributed by atoms with E-state index >= 15 is 0 Å². The lowest BCUT2D eigenvalue weighted by atomic mass is 10.3. The highest BCUT2D eigenvalue weighted by atomic mass is 32.2. The first-order chi connectivity index (χ1) is 15.1. The van der Waals surface area contributed by atoms with Crippen molar-refractivity contribution in [2.75, 3.05) is 78.2 Å². The van der Waals surface area contributed by atoms with Gasteiger partial charge in [-0.2, -0.15) is 0 Å². The number of rotatable bonds is 21. The molecule has 0 aromatic carbocycles. The van der Waals surface area contributed by atoms with E-state index in [1.165, 1.54) is 0 Å². The van der Waals surface area contributed by atoms with Gasteiger partial charge < -0.3 is 24.7 Å². The normalized spacial score (nSPS) is 11.8. The SMILES string of the molecule is CCCN(CC[SH](=O)=O)Cc1nnn(CCOCCOCCOCCOCCN)c1C. The second-order valence-electron chi connectivity index (χ2n) is 6.92. The van der Waals surface area contributed by atoms with Gasteiger partial charge in [0.15, 0.2) is 0 Å². The van der Waals surface area contributed by atoms with E-state index in [0.717, 1.165) is 24.4 Å². The Labute approximate surface area is 187 Å². The molecule has 1 heterocycles. The smallest absolute Gasteiger partial charge is 0.141 e. The van der Waals surface area contributed by atoms with Crippen LogP contribution in [0.1, 0.15) is 24.7 Å². The van der Waals surface area contributed by atoms with Gasteiger partial charge in [-0.05, 0) is 19.9 Å². The molecule has 1 aromatic rings. The van der Waals surface area contributed by atoms with Crippen molar-refractivity contribution in [1.82, 2.24) is 19.9 Å². The monoisotopic (exact) mass is 465 g/mol. The maximum absolute atomic E-state index is 10.9. The summed E-state index contributed by atoms with van der Waals surface area (Å²) in [5, 5.41) is 8.45. The zero-order chi connectivity index (χ0) is 22.7. The molecule has 0 unspecified atom stereocenters. The number of ether oxygens (including phenoxy) is 4. The molecule has 31 heavy (non-hydrogen) atoms. The molecule has 2 N–H and O–H groups in total. The molecule has 0 spiro atoms. The molecule has 0 aliphatic heterocycles. The summed E-state index contributed by atoms with van der Waals surface area (Å²) < 4.78 is 45.2. The number of thiol groups is 1.